The summed E-state index contributed by atoms with van der Waals surface area (Å²) in [5, 5.41) is 10.2. The Morgan fingerprint density at radius 2 is 0.923 bits per heavy atom. The largest absolute Gasteiger partial charge is 0.326 e. The molecule has 6 nitrogen and oxygen atoms in total. The number of nitrogens with zero attached hydrogens (tertiary/aromatic N) is 2. The highest BCUT2D eigenvalue weighted by atomic mass is 16.2. The highest BCUT2D eigenvalue weighted by Crippen LogP contribution is 2.24. The number of unbranched alkanes of at least 4 members (excludes halogenated alkanes) is 2. The van der Waals surface area contributed by atoms with Crippen molar-refractivity contribution in [1.82, 2.24) is 9.97 Å². The smallest absolute Gasteiger partial charge is 0.224 e. The van der Waals surface area contributed by atoms with E-state index in [-0.39, 0.29) is 11.8 Å². The number of pyridine rings is 2. The Kier molecular flexibility index (Phi) is 6.83. The van der Waals surface area contributed by atoms with E-state index in [1.165, 1.54) is 0 Å². The van der Waals surface area contributed by atoms with Crippen molar-refractivity contribution in [3.63, 3.8) is 0 Å². The number of hydrogen-bond donors (Lipinski definition) is 2. The third-order valence-electron chi connectivity index (χ3n) is 6.91. The molecule has 2 N–H and O–H groups in total. The second-order valence-electron chi connectivity index (χ2n) is 9.83. The van der Waals surface area contributed by atoms with Gasteiger partial charge in [0, 0.05) is 45.8 Å². The minimum Gasteiger partial charge on any atom is -0.326 e. The maximum atomic E-state index is 12.5. The minimum absolute atomic E-state index is 0.0317. The lowest BCUT2D eigenvalue weighted by atomic mass is 10.1. The summed E-state index contributed by atoms with van der Waals surface area (Å²) in [6.45, 7) is 0. The van der Waals surface area contributed by atoms with E-state index in [9.17, 15) is 9.59 Å². The third kappa shape index (κ3) is 5.70. The standard InChI is InChI=1S/C33H28N4O2/c38-32(34-26-16-14-24-18-22-8-4-6-10-28(22)36-30(24)20-26)12-2-1-3-13-33(39)35-27-17-15-25-19-23-9-5-7-11-29(23)37-31(25)21-27/h4-11,14-21H,1-3,12-13H2,(H,34,38)(H,35,39). The molecule has 6 aromatic rings. The van der Waals surface area contributed by atoms with Crippen LogP contribution >= 0.6 is 0 Å². The molecular formula is C33H28N4O2. The second kappa shape index (κ2) is 10.9. The molecule has 0 aliphatic heterocycles. The van der Waals surface area contributed by atoms with Crippen molar-refractivity contribution in [2.45, 2.75) is 32.1 Å². The molecule has 0 bridgehead atoms. The molecule has 0 saturated heterocycles. The first kappa shape index (κ1) is 24.5. The van der Waals surface area contributed by atoms with Gasteiger partial charge in [0.05, 0.1) is 22.1 Å². The van der Waals surface area contributed by atoms with Crippen molar-refractivity contribution in [3.8, 4) is 0 Å². The number of aromatic nitrogens is 2. The monoisotopic (exact) mass is 512 g/mol. The zero-order valence-corrected chi connectivity index (χ0v) is 21.5. The molecule has 2 heterocycles. The maximum Gasteiger partial charge on any atom is 0.224 e. The fourth-order valence-electron chi connectivity index (χ4n) is 4.89. The summed E-state index contributed by atoms with van der Waals surface area (Å²) in [7, 11) is 0. The first-order chi connectivity index (χ1) is 19.1. The topological polar surface area (TPSA) is 84.0 Å². The zero-order chi connectivity index (χ0) is 26.6. The fraction of sp³-hybridized carbons (Fsp3) is 0.152. The lowest BCUT2D eigenvalue weighted by Crippen LogP contribution is -2.12. The number of nitrogens with one attached hydrogen (secondary N) is 2. The van der Waals surface area contributed by atoms with Crippen molar-refractivity contribution in [2.75, 3.05) is 10.6 Å². The molecule has 0 atom stereocenters. The van der Waals surface area contributed by atoms with Gasteiger partial charge in [-0.2, -0.15) is 0 Å². The molecule has 0 radical (unpaired) electrons. The molecule has 0 unspecified atom stereocenters. The fourth-order valence-corrected chi connectivity index (χ4v) is 4.89. The molecule has 4 aromatic carbocycles. The Morgan fingerprint density at radius 1 is 0.487 bits per heavy atom. The Balaban J connectivity index is 0.960. The SMILES string of the molecule is O=C(CCCCCC(=O)Nc1ccc2cc3ccccc3nc2c1)Nc1ccc2cc3ccccc3nc2c1. The van der Waals surface area contributed by atoms with Crippen LogP contribution in [0.2, 0.25) is 0 Å². The van der Waals surface area contributed by atoms with Crippen LogP contribution in [0.4, 0.5) is 11.4 Å². The number of fused-ring (bicyclic) bond motifs is 4. The number of anilines is 2. The highest BCUT2D eigenvalue weighted by Gasteiger charge is 2.08. The molecule has 2 aromatic heterocycles. The van der Waals surface area contributed by atoms with Gasteiger partial charge in [-0.1, -0.05) is 55.0 Å². The van der Waals surface area contributed by atoms with E-state index in [1.54, 1.807) is 0 Å². The molecule has 0 spiro atoms. The second-order valence-corrected chi connectivity index (χ2v) is 9.83. The van der Waals surface area contributed by atoms with Gasteiger partial charge in [-0.15, -0.1) is 0 Å². The molecule has 0 aliphatic carbocycles. The summed E-state index contributed by atoms with van der Waals surface area (Å²) in [6, 6.07) is 31.8. The maximum absolute atomic E-state index is 12.5. The number of benzene rings is 4. The molecule has 0 aliphatic rings. The lowest BCUT2D eigenvalue weighted by Gasteiger charge is -2.08. The van der Waals surface area contributed by atoms with E-state index in [0.717, 1.165) is 74.2 Å². The zero-order valence-electron chi connectivity index (χ0n) is 21.5. The predicted octanol–water partition coefficient (Wildman–Crippen LogP) is 7.62. The Hall–Kier alpha value is -4.84. The number of hydrogen-bond acceptors (Lipinski definition) is 4. The van der Waals surface area contributed by atoms with Crippen molar-refractivity contribution in [2.24, 2.45) is 0 Å². The predicted molar refractivity (Wildman–Crippen MR) is 159 cm³/mol. The molecular weight excluding hydrogens is 484 g/mol. The summed E-state index contributed by atoms with van der Waals surface area (Å²) >= 11 is 0. The van der Waals surface area contributed by atoms with Crippen molar-refractivity contribution in [1.29, 1.82) is 0 Å². The molecule has 39 heavy (non-hydrogen) atoms. The number of rotatable bonds is 8. The van der Waals surface area contributed by atoms with Crippen LogP contribution in [-0.4, -0.2) is 21.8 Å². The van der Waals surface area contributed by atoms with Gasteiger partial charge in [-0.05, 0) is 61.4 Å². The van der Waals surface area contributed by atoms with Gasteiger partial charge < -0.3 is 10.6 Å². The number of carbonyl (C=O) groups excluding carboxylic acids is 2. The average molecular weight is 513 g/mol. The van der Waals surface area contributed by atoms with Gasteiger partial charge in [-0.25, -0.2) is 9.97 Å². The van der Waals surface area contributed by atoms with Crippen molar-refractivity contribution >= 4 is 66.8 Å². The van der Waals surface area contributed by atoms with E-state index in [4.69, 9.17) is 9.97 Å². The van der Waals surface area contributed by atoms with E-state index in [1.807, 2.05) is 84.9 Å². The Labute approximate surface area is 226 Å². The van der Waals surface area contributed by atoms with Crippen LogP contribution in [0.25, 0.3) is 43.6 Å². The van der Waals surface area contributed by atoms with Gasteiger partial charge in [0.15, 0.2) is 0 Å². The lowest BCUT2D eigenvalue weighted by molar-refractivity contribution is -0.116. The van der Waals surface area contributed by atoms with Crippen molar-refractivity contribution < 1.29 is 9.59 Å². The van der Waals surface area contributed by atoms with E-state index in [2.05, 4.69) is 22.8 Å². The summed E-state index contributed by atoms with van der Waals surface area (Å²) in [6.07, 6.45) is 3.08. The van der Waals surface area contributed by atoms with Crippen LogP contribution in [0.3, 0.4) is 0 Å². The summed E-state index contributed by atoms with van der Waals surface area (Å²) in [5.74, 6) is -0.0634. The van der Waals surface area contributed by atoms with E-state index >= 15 is 0 Å². The number of carbonyl (C=O) groups is 2. The summed E-state index contributed by atoms with van der Waals surface area (Å²) in [5.41, 5.74) is 5.06. The first-order valence-corrected chi connectivity index (χ1v) is 13.3. The summed E-state index contributed by atoms with van der Waals surface area (Å²) in [4.78, 5) is 34.4. The first-order valence-electron chi connectivity index (χ1n) is 13.3. The highest BCUT2D eigenvalue weighted by molar-refractivity contribution is 5.98. The molecule has 192 valence electrons. The van der Waals surface area contributed by atoms with E-state index < -0.39 is 0 Å². The van der Waals surface area contributed by atoms with Gasteiger partial charge >= 0.3 is 0 Å². The van der Waals surface area contributed by atoms with Crippen LogP contribution in [0, 0.1) is 0 Å². The molecule has 0 fully saturated rings. The van der Waals surface area contributed by atoms with Crippen LogP contribution in [0.15, 0.2) is 97.1 Å². The molecule has 6 heteroatoms. The van der Waals surface area contributed by atoms with Gasteiger partial charge in [0.2, 0.25) is 11.8 Å². The number of para-hydroxylation sites is 2. The van der Waals surface area contributed by atoms with Crippen LogP contribution in [-0.2, 0) is 9.59 Å². The van der Waals surface area contributed by atoms with Crippen molar-refractivity contribution in [3.05, 3.63) is 97.1 Å². The minimum atomic E-state index is -0.0317. The van der Waals surface area contributed by atoms with Crippen LogP contribution in [0.5, 0.6) is 0 Å². The Morgan fingerprint density at radius 3 is 1.41 bits per heavy atom. The quantitative estimate of drug-likeness (QED) is 0.162. The van der Waals surface area contributed by atoms with Gasteiger partial charge in [-0.3, -0.25) is 9.59 Å². The van der Waals surface area contributed by atoms with Gasteiger partial charge in [0.1, 0.15) is 0 Å². The van der Waals surface area contributed by atoms with Crippen LogP contribution < -0.4 is 10.6 Å². The van der Waals surface area contributed by atoms with E-state index in [0.29, 0.717) is 12.8 Å². The molecule has 6 rings (SSSR count). The normalized spacial score (nSPS) is 11.3. The van der Waals surface area contributed by atoms with Crippen LogP contribution in [0.1, 0.15) is 32.1 Å². The Bertz CT molecular complexity index is 1710. The summed E-state index contributed by atoms with van der Waals surface area (Å²) < 4.78 is 0. The number of amides is 2. The van der Waals surface area contributed by atoms with Gasteiger partial charge in [0.25, 0.3) is 0 Å². The molecule has 0 saturated carbocycles. The third-order valence-corrected chi connectivity index (χ3v) is 6.91. The average Bonchev–Trinajstić information content (AvgIpc) is 2.94. The molecule has 2 amide bonds.